The van der Waals surface area contributed by atoms with Crippen LogP contribution in [0.2, 0.25) is 0 Å². The summed E-state index contributed by atoms with van der Waals surface area (Å²) in [5.74, 6) is 1.75. The van der Waals surface area contributed by atoms with Crippen molar-refractivity contribution in [2.45, 2.75) is 0 Å². The van der Waals surface area contributed by atoms with Crippen LogP contribution in [0.4, 0.5) is 0 Å². The third kappa shape index (κ3) is 5.39. The lowest BCUT2D eigenvalue weighted by Crippen LogP contribution is -2.05. The minimum Gasteiger partial charge on any atom is -0.294 e. The molecule has 0 aliphatic rings. The molecule has 0 atom stereocenters. The minimum absolute atomic E-state index is 0.853. The maximum absolute atomic E-state index is 5.39. The van der Waals surface area contributed by atoms with Gasteiger partial charge in [0.25, 0.3) is 0 Å². The van der Waals surface area contributed by atoms with Gasteiger partial charge in [-0.15, -0.1) is 22.7 Å². The van der Waals surface area contributed by atoms with E-state index >= 15 is 0 Å². The van der Waals surface area contributed by atoms with Gasteiger partial charge in [0.1, 0.15) is 5.82 Å². The molecule has 312 valence electrons. The molecule has 8 heteroatoms. The van der Waals surface area contributed by atoms with E-state index in [4.69, 9.17) is 9.97 Å². The predicted molar refractivity (Wildman–Crippen MR) is 282 cm³/mol. The molecule has 15 rings (SSSR count). The number of benzene rings is 8. The Bertz CT molecular complexity index is 4500. The van der Waals surface area contributed by atoms with Crippen molar-refractivity contribution in [2.75, 3.05) is 0 Å². The van der Waals surface area contributed by atoms with Gasteiger partial charge in [0.15, 0.2) is 0 Å². The number of fused-ring (bicyclic) bond motifs is 14. The normalized spacial score (nSPS) is 12.2. The molecule has 0 fully saturated rings. The number of thiophene rings is 2. The van der Waals surface area contributed by atoms with Gasteiger partial charge in [-0.3, -0.25) is 18.7 Å². The Balaban J connectivity index is 0.998. The van der Waals surface area contributed by atoms with Crippen LogP contribution in [0.1, 0.15) is 0 Å². The summed E-state index contributed by atoms with van der Waals surface area (Å²) in [7, 11) is 0. The van der Waals surface area contributed by atoms with Crippen molar-refractivity contribution < 1.29 is 0 Å². The molecule has 0 bridgehead atoms. The molecule has 6 nitrogen and oxygen atoms in total. The van der Waals surface area contributed by atoms with Gasteiger partial charge in [-0.25, -0.2) is 9.97 Å². The second kappa shape index (κ2) is 14.0. The highest BCUT2D eigenvalue weighted by atomic mass is 32.1. The fourth-order valence-corrected chi connectivity index (χ4v) is 12.9. The lowest BCUT2D eigenvalue weighted by Gasteiger charge is -2.12. The average Bonchev–Trinajstić information content (AvgIpc) is 4.20. The van der Waals surface area contributed by atoms with Crippen molar-refractivity contribution in [2.24, 2.45) is 0 Å². The zero-order valence-corrected chi connectivity index (χ0v) is 37.3. The summed E-state index contributed by atoms with van der Waals surface area (Å²) >= 11 is 3.72. The number of hydrogen-bond acceptors (Lipinski definition) is 5. The molecule has 0 saturated heterocycles. The molecule has 0 spiro atoms. The Labute approximate surface area is 390 Å². The molecule has 0 unspecified atom stereocenters. The highest BCUT2D eigenvalue weighted by Gasteiger charge is 2.24. The van der Waals surface area contributed by atoms with Crippen molar-refractivity contribution in [3.8, 4) is 39.7 Å². The van der Waals surface area contributed by atoms with E-state index in [0.717, 1.165) is 61.7 Å². The SMILES string of the molecule is c1ccc(-n2c(-n3c4ccc(-c5cccnc5)cc4c4c5sc6cc7c(cc6c5ccc43)c3ccc(-c4ccc5sc6ccccc6c5c4)cc3n7-c3ccccn3)nc3ccccc32)cc1. The molecular formula is C59H34N6S2. The third-order valence-electron chi connectivity index (χ3n) is 13.6. The third-order valence-corrected chi connectivity index (χ3v) is 15.9. The monoisotopic (exact) mass is 890 g/mol. The zero-order chi connectivity index (χ0) is 43.7. The van der Waals surface area contributed by atoms with Crippen LogP contribution in [0, 0.1) is 0 Å². The van der Waals surface area contributed by atoms with E-state index in [1.165, 1.54) is 73.0 Å². The Morgan fingerprint density at radius 1 is 0.373 bits per heavy atom. The van der Waals surface area contributed by atoms with E-state index in [-0.39, 0.29) is 0 Å². The standard InChI is InChI=1S/C59H34N6S2/c1-2-12-39(13-3-1)63-49-16-6-5-15-47(49)62-59(63)65-48-24-20-36(38-11-10-27-60-34-38)30-46(48)57-50(65)25-23-42-45-32-43-40-22-19-37(35-21-26-54-44(29-35)41-14-4-7-17-53(41)66-54)31-51(40)64(56-18-8-9-28-61-56)52(43)33-55(45)67-58(42)57/h1-34H. The number of rotatable bonds is 5. The van der Waals surface area contributed by atoms with Crippen LogP contribution in [0.5, 0.6) is 0 Å². The molecule has 0 N–H and O–H groups in total. The van der Waals surface area contributed by atoms with Crippen molar-refractivity contribution in [1.82, 2.24) is 28.7 Å². The van der Waals surface area contributed by atoms with Gasteiger partial charge < -0.3 is 0 Å². The van der Waals surface area contributed by atoms with Crippen LogP contribution < -0.4 is 0 Å². The topological polar surface area (TPSA) is 53.5 Å². The molecule has 15 aromatic rings. The van der Waals surface area contributed by atoms with Gasteiger partial charge >= 0.3 is 0 Å². The minimum atomic E-state index is 0.853. The first-order valence-electron chi connectivity index (χ1n) is 22.4. The molecule has 0 aliphatic carbocycles. The fraction of sp³-hybridized carbons (Fsp3) is 0. The Kier molecular flexibility index (Phi) is 7.72. The van der Waals surface area contributed by atoms with Crippen molar-refractivity contribution in [3.05, 3.63) is 207 Å². The van der Waals surface area contributed by atoms with Gasteiger partial charge in [0.2, 0.25) is 5.95 Å². The molecule has 67 heavy (non-hydrogen) atoms. The molecule has 0 amide bonds. The first kappa shape index (κ1) is 36.9. The van der Waals surface area contributed by atoms with Gasteiger partial charge in [-0.1, -0.05) is 91.0 Å². The molecule has 0 radical (unpaired) electrons. The van der Waals surface area contributed by atoms with Crippen molar-refractivity contribution >= 4 is 118 Å². The van der Waals surface area contributed by atoms with E-state index in [9.17, 15) is 0 Å². The van der Waals surface area contributed by atoms with E-state index < -0.39 is 0 Å². The summed E-state index contributed by atoms with van der Waals surface area (Å²) in [4.78, 5) is 14.8. The summed E-state index contributed by atoms with van der Waals surface area (Å²) in [6.45, 7) is 0. The van der Waals surface area contributed by atoms with E-state index in [0.29, 0.717) is 0 Å². The number of pyridine rings is 2. The highest BCUT2D eigenvalue weighted by Crippen LogP contribution is 2.47. The molecule has 7 heterocycles. The summed E-state index contributed by atoms with van der Waals surface area (Å²) in [6, 6.07) is 68.2. The number of aromatic nitrogens is 6. The smallest absolute Gasteiger partial charge is 0.220 e. The second-order valence-corrected chi connectivity index (χ2v) is 19.4. The summed E-state index contributed by atoms with van der Waals surface area (Å²) in [5, 5.41) is 9.89. The first-order chi connectivity index (χ1) is 33.2. The highest BCUT2D eigenvalue weighted by molar-refractivity contribution is 7.27. The lowest BCUT2D eigenvalue weighted by atomic mass is 10.0. The van der Waals surface area contributed by atoms with Crippen molar-refractivity contribution in [1.29, 1.82) is 0 Å². The number of para-hydroxylation sites is 3. The number of hydrogen-bond donors (Lipinski definition) is 0. The molecule has 7 aromatic heterocycles. The fourth-order valence-electron chi connectivity index (χ4n) is 10.6. The largest absolute Gasteiger partial charge is 0.294 e. The van der Waals surface area contributed by atoms with Crippen LogP contribution in [0.25, 0.3) is 135 Å². The lowest BCUT2D eigenvalue weighted by molar-refractivity contribution is 0.956. The average molecular weight is 891 g/mol. The van der Waals surface area contributed by atoms with E-state index in [2.05, 4.69) is 195 Å². The van der Waals surface area contributed by atoms with E-state index in [1.807, 2.05) is 53.4 Å². The Morgan fingerprint density at radius 2 is 1.12 bits per heavy atom. The first-order valence-corrected chi connectivity index (χ1v) is 24.0. The summed E-state index contributed by atoms with van der Waals surface area (Å²) in [6.07, 6.45) is 5.67. The zero-order valence-electron chi connectivity index (χ0n) is 35.6. The van der Waals surface area contributed by atoms with Crippen LogP contribution in [-0.4, -0.2) is 28.7 Å². The molecule has 0 saturated carbocycles. The van der Waals surface area contributed by atoms with E-state index in [1.54, 1.807) is 0 Å². The predicted octanol–water partition coefficient (Wildman–Crippen LogP) is 16.1. The summed E-state index contributed by atoms with van der Waals surface area (Å²) < 4.78 is 12.1. The van der Waals surface area contributed by atoms with Gasteiger partial charge in [-0.05, 0) is 114 Å². The maximum Gasteiger partial charge on any atom is 0.220 e. The molecule has 8 aromatic carbocycles. The van der Waals surface area contributed by atoms with Crippen LogP contribution in [0.15, 0.2) is 207 Å². The van der Waals surface area contributed by atoms with Gasteiger partial charge in [-0.2, -0.15) is 0 Å². The molecular weight excluding hydrogens is 857 g/mol. The number of imidazole rings is 1. The van der Waals surface area contributed by atoms with Gasteiger partial charge in [0, 0.05) is 91.7 Å². The van der Waals surface area contributed by atoms with Gasteiger partial charge in [0.05, 0.1) is 33.1 Å². The number of nitrogens with zero attached hydrogens (tertiary/aromatic N) is 6. The van der Waals surface area contributed by atoms with Crippen LogP contribution >= 0.6 is 22.7 Å². The maximum atomic E-state index is 5.39. The Hall–Kier alpha value is -8.43. The molecule has 0 aliphatic heterocycles. The quantitative estimate of drug-likeness (QED) is 0.173. The van der Waals surface area contributed by atoms with Crippen LogP contribution in [-0.2, 0) is 0 Å². The Morgan fingerprint density at radius 3 is 2.03 bits per heavy atom. The van der Waals surface area contributed by atoms with Crippen LogP contribution in [0.3, 0.4) is 0 Å². The summed E-state index contributed by atoms with van der Waals surface area (Å²) in [5.41, 5.74) is 12.1. The second-order valence-electron chi connectivity index (χ2n) is 17.2. The van der Waals surface area contributed by atoms with Crippen molar-refractivity contribution in [3.63, 3.8) is 0 Å².